The Bertz CT molecular complexity index is 1210. The van der Waals surface area contributed by atoms with Crippen molar-refractivity contribution in [3.8, 4) is 6.07 Å². The fourth-order valence-corrected chi connectivity index (χ4v) is 3.21. The number of nitro groups is 1. The van der Waals surface area contributed by atoms with Gasteiger partial charge in [0.05, 0.1) is 40.2 Å². The Hall–Kier alpha value is -4.29. The van der Waals surface area contributed by atoms with Crippen LogP contribution in [0.25, 0.3) is 0 Å². The fourth-order valence-electron chi connectivity index (χ4n) is 2.99. The summed E-state index contributed by atoms with van der Waals surface area (Å²) in [6.45, 7) is 1.05. The Balaban J connectivity index is 1.63. The van der Waals surface area contributed by atoms with Crippen LogP contribution in [0.15, 0.2) is 83.0 Å². The van der Waals surface area contributed by atoms with Crippen LogP contribution >= 0.6 is 11.6 Å². The van der Waals surface area contributed by atoms with E-state index < -0.39 is 10.9 Å². The lowest BCUT2D eigenvalue weighted by Crippen LogP contribution is -2.29. The maximum Gasteiger partial charge on any atom is 0.338 e. The second kappa shape index (κ2) is 12.1. The first kappa shape index (κ1) is 24.4. The summed E-state index contributed by atoms with van der Waals surface area (Å²) in [5.41, 5.74) is 2.05. The van der Waals surface area contributed by atoms with Crippen molar-refractivity contribution < 1.29 is 14.5 Å². The van der Waals surface area contributed by atoms with Gasteiger partial charge in [0.1, 0.15) is 12.3 Å². The van der Waals surface area contributed by atoms with E-state index in [0.717, 1.165) is 5.69 Å². The van der Waals surface area contributed by atoms with Crippen molar-refractivity contribution in [2.24, 2.45) is 10.2 Å². The van der Waals surface area contributed by atoms with E-state index in [1.54, 1.807) is 36.4 Å². The lowest BCUT2D eigenvalue weighted by atomic mass is 10.2. The normalized spacial score (nSPS) is 10.6. The van der Waals surface area contributed by atoms with E-state index >= 15 is 0 Å². The summed E-state index contributed by atoms with van der Waals surface area (Å²) in [5, 5.41) is 28.1. The average Bonchev–Trinajstić information content (AvgIpc) is 2.86. The number of rotatable bonds is 10. The van der Waals surface area contributed by atoms with E-state index in [-0.39, 0.29) is 17.3 Å². The number of hydrogen-bond donors (Lipinski definition) is 0. The van der Waals surface area contributed by atoms with Crippen molar-refractivity contribution in [2.75, 3.05) is 24.6 Å². The lowest BCUT2D eigenvalue weighted by molar-refractivity contribution is -0.384. The third-order valence-corrected chi connectivity index (χ3v) is 5.03. The molecule has 0 heterocycles. The average molecular weight is 478 g/mol. The van der Waals surface area contributed by atoms with Gasteiger partial charge in [0, 0.05) is 24.4 Å². The van der Waals surface area contributed by atoms with Crippen molar-refractivity contribution in [3.63, 3.8) is 0 Å². The summed E-state index contributed by atoms with van der Waals surface area (Å²) in [6, 6.07) is 21.9. The molecular formula is C24H20ClN5O4. The first-order valence-electron chi connectivity index (χ1n) is 10.3. The second-order valence-corrected chi connectivity index (χ2v) is 7.41. The van der Waals surface area contributed by atoms with Crippen LogP contribution in [-0.2, 0) is 4.74 Å². The molecule has 0 atom stereocenters. The minimum Gasteiger partial charge on any atom is -0.460 e. The van der Waals surface area contributed by atoms with Gasteiger partial charge in [0.25, 0.3) is 5.69 Å². The summed E-state index contributed by atoms with van der Waals surface area (Å²) in [5.74, 6) is -0.401. The Morgan fingerprint density at radius 1 is 1.06 bits per heavy atom. The zero-order valence-electron chi connectivity index (χ0n) is 18.0. The summed E-state index contributed by atoms with van der Waals surface area (Å²) in [4.78, 5) is 24.3. The first-order valence-corrected chi connectivity index (χ1v) is 10.7. The molecule has 0 radical (unpaired) electrons. The summed E-state index contributed by atoms with van der Waals surface area (Å²) in [6.07, 6.45) is 0.312. The molecule has 3 rings (SSSR count). The van der Waals surface area contributed by atoms with Crippen LogP contribution in [0.1, 0.15) is 16.8 Å². The first-order chi connectivity index (χ1) is 16.5. The maximum absolute atomic E-state index is 12.1. The molecule has 0 saturated carbocycles. The number of nitrogens with zero attached hydrogens (tertiary/aromatic N) is 5. The second-order valence-electron chi connectivity index (χ2n) is 7.01. The van der Waals surface area contributed by atoms with Gasteiger partial charge in [-0.25, -0.2) is 4.79 Å². The van der Waals surface area contributed by atoms with Gasteiger partial charge in [-0.05, 0) is 42.5 Å². The highest BCUT2D eigenvalue weighted by atomic mass is 35.5. The monoisotopic (exact) mass is 477 g/mol. The molecule has 34 heavy (non-hydrogen) atoms. The summed E-state index contributed by atoms with van der Waals surface area (Å²) in [7, 11) is 0. The third kappa shape index (κ3) is 6.85. The van der Waals surface area contributed by atoms with E-state index in [4.69, 9.17) is 21.6 Å². The molecule has 0 fully saturated rings. The molecule has 0 amide bonds. The number of carbonyl (C=O) groups excluding carboxylic acids is 1. The number of carbonyl (C=O) groups is 1. The molecule has 0 N–H and O–H groups in total. The summed E-state index contributed by atoms with van der Waals surface area (Å²) < 4.78 is 5.35. The molecule has 0 aliphatic carbocycles. The predicted octanol–water partition coefficient (Wildman–Crippen LogP) is 6.24. The Morgan fingerprint density at radius 3 is 2.44 bits per heavy atom. The lowest BCUT2D eigenvalue weighted by Gasteiger charge is -2.23. The van der Waals surface area contributed by atoms with Crippen LogP contribution in [0.4, 0.5) is 22.7 Å². The van der Waals surface area contributed by atoms with E-state index in [2.05, 4.69) is 16.3 Å². The minimum atomic E-state index is -0.536. The molecule has 10 heteroatoms. The highest BCUT2D eigenvalue weighted by Crippen LogP contribution is 2.30. The molecule has 0 saturated heterocycles. The number of non-ortho nitro benzene ring substituents is 1. The maximum atomic E-state index is 12.1. The van der Waals surface area contributed by atoms with Crippen molar-refractivity contribution >= 4 is 40.3 Å². The van der Waals surface area contributed by atoms with Gasteiger partial charge >= 0.3 is 5.97 Å². The largest absolute Gasteiger partial charge is 0.460 e. The molecule has 0 bridgehead atoms. The highest BCUT2D eigenvalue weighted by molar-refractivity contribution is 6.33. The molecule has 0 unspecified atom stereocenters. The topological polar surface area (TPSA) is 121 Å². The van der Waals surface area contributed by atoms with Crippen molar-refractivity contribution in [1.29, 1.82) is 5.26 Å². The molecule has 0 spiro atoms. The smallest absolute Gasteiger partial charge is 0.338 e. The number of halogens is 1. The Kier molecular flexibility index (Phi) is 8.66. The number of nitriles is 1. The van der Waals surface area contributed by atoms with Crippen LogP contribution < -0.4 is 4.90 Å². The molecule has 0 aromatic heterocycles. The van der Waals surface area contributed by atoms with E-state index in [9.17, 15) is 14.9 Å². The molecule has 9 nitrogen and oxygen atoms in total. The van der Waals surface area contributed by atoms with Gasteiger partial charge in [-0.2, -0.15) is 10.4 Å². The van der Waals surface area contributed by atoms with Crippen molar-refractivity contribution in [1.82, 2.24) is 0 Å². The van der Waals surface area contributed by atoms with Gasteiger partial charge in [0.15, 0.2) is 0 Å². The quantitative estimate of drug-likeness (QED) is 0.147. The van der Waals surface area contributed by atoms with E-state index in [1.807, 2.05) is 23.1 Å². The van der Waals surface area contributed by atoms with Crippen molar-refractivity contribution in [3.05, 3.63) is 93.5 Å². The zero-order valence-corrected chi connectivity index (χ0v) is 18.8. The number of nitro benzene ring substituents is 1. The van der Waals surface area contributed by atoms with Crippen LogP contribution in [-0.4, -0.2) is 30.6 Å². The number of benzene rings is 3. The SMILES string of the molecule is N#CCCN(CCOC(=O)c1ccccc1)c1ccc(N=Nc2ccc([N+](=O)[O-])cc2Cl)cc1. The highest BCUT2D eigenvalue weighted by Gasteiger charge is 2.11. The summed E-state index contributed by atoms with van der Waals surface area (Å²) >= 11 is 6.04. The molecule has 0 aliphatic heterocycles. The van der Waals surface area contributed by atoms with Gasteiger partial charge in [-0.3, -0.25) is 10.1 Å². The van der Waals surface area contributed by atoms with E-state index in [0.29, 0.717) is 36.4 Å². The number of ether oxygens (including phenoxy) is 1. The van der Waals surface area contributed by atoms with Gasteiger partial charge in [0.2, 0.25) is 0 Å². The Labute approximate surface area is 201 Å². The Morgan fingerprint density at radius 2 is 1.79 bits per heavy atom. The third-order valence-electron chi connectivity index (χ3n) is 4.73. The molecular weight excluding hydrogens is 458 g/mol. The number of azo groups is 1. The fraction of sp³-hybridized carbons (Fsp3) is 0.167. The van der Waals surface area contributed by atoms with Crippen LogP contribution in [0, 0.1) is 21.4 Å². The molecule has 3 aromatic carbocycles. The van der Waals surface area contributed by atoms with Crippen LogP contribution in [0.3, 0.4) is 0 Å². The van der Waals surface area contributed by atoms with Crippen LogP contribution in [0.2, 0.25) is 5.02 Å². The van der Waals surface area contributed by atoms with Crippen molar-refractivity contribution in [2.45, 2.75) is 6.42 Å². The van der Waals surface area contributed by atoms with Crippen LogP contribution in [0.5, 0.6) is 0 Å². The molecule has 0 aliphatic rings. The predicted molar refractivity (Wildman–Crippen MR) is 128 cm³/mol. The standard InChI is InChI=1S/C24H20ClN5O4/c25-22-17-21(30(32)33)11-12-23(22)28-27-19-7-9-20(10-8-19)29(14-4-13-26)15-16-34-24(31)18-5-2-1-3-6-18/h1-3,5-12,17H,4,14-16H2. The molecule has 172 valence electrons. The molecule has 3 aromatic rings. The zero-order chi connectivity index (χ0) is 24.3. The minimum absolute atomic E-state index is 0.125. The van der Waals surface area contributed by atoms with Gasteiger partial charge in [-0.1, -0.05) is 29.8 Å². The van der Waals surface area contributed by atoms with Gasteiger partial charge < -0.3 is 9.64 Å². The number of esters is 1. The van der Waals surface area contributed by atoms with Gasteiger partial charge in [-0.15, -0.1) is 5.11 Å². The number of hydrogen-bond acceptors (Lipinski definition) is 8. The van der Waals surface area contributed by atoms with E-state index in [1.165, 1.54) is 18.2 Å². The number of anilines is 1.